The van der Waals surface area contributed by atoms with E-state index in [1.807, 2.05) is 32.0 Å². The number of ether oxygens (including phenoxy) is 2. The molecule has 3 heterocycles. The molecule has 3 atom stereocenters. The van der Waals surface area contributed by atoms with Gasteiger partial charge in [-0.15, -0.1) is 0 Å². The van der Waals surface area contributed by atoms with Gasteiger partial charge in [-0.3, -0.25) is 9.69 Å². The number of aliphatic imine (C=N–C) groups is 1. The smallest absolute Gasteiger partial charge is 0.272 e. The summed E-state index contributed by atoms with van der Waals surface area (Å²) in [6, 6.07) is 8.91. The molecule has 35 heavy (non-hydrogen) atoms. The Morgan fingerprint density at radius 3 is 2.80 bits per heavy atom. The van der Waals surface area contributed by atoms with E-state index < -0.39 is 18.6 Å². The number of amides is 1. The molecule has 0 aliphatic carbocycles. The number of benzene rings is 1. The molecule has 1 aromatic carbocycles. The zero-order chi connectivity index (χ0) is 25.2. The average Bonchev–Trinajstić information content (AvgIpc) is 2.79. The molecular formula is C25H29ClF2N4O3. The summed E-state index contributed by atoms with van der Waals surface area (Å²) in [5.41, 5.74) is 7.82. The van der Waals surface area contributed by atoms with E-state index in [1.54, 1.807) is 23.2 Å². The third-order valence-corrected chi connectivity index (χ3v) is 6.85. The summed E-state index contributed by atoms with van der Waals surface area (Å²) in [5, 5.41) is 0.505. The van der Waals surface area contributed by atoms with Crippen molar-refractivity contribution in [1.29, 1.82) is 0 Å². The van der Waals surface area contributed by atoms with E-state index in [1.165, 1.54) is 0 Å². The van der Waals surface area contributed by atoms with Crippen LogP contribution in [0.2, 0.25) is 5.02 Å². The summed E-state index contributed by atoms with van der Waals surface area (Å²) in [6.45, 7) is 3.74. The Hall–Kier alpha value is -2.78. The van der Waals surface area contributed by atoms with Gasteiger partial charge in [0.15, 0.2) is 12.6 Å². The van der Waals surface area contributed by atoms with Crippen LogP contribution >= 0.6 is 11.6 Å². The second kappa shape index (κ2) is 10.5. The van der Waals surface area contributed by atoms with Crippen molar-refractivity contribution in [2.75, 3.05) is 13.2 Å². The molecule has 0 bridgehead atoms. The van der Waals surface area contributed by atoms with Crippen molar-refractivity contribution in [2.45, 2.75) is 63.6 Å². The molecule has 1 amide bonds. The monoisotopic (exact) mass is 506 g/mol. The number of alkyl halides is 2. The standard InChI is InChI=1S/C25H29ClF2N4O3/c1-15-10-18(8-9-34-15)32-22(33)12-25(2,31-24(32)29)19-5-3-4-17(23(19)26)11-16-6-7-21(30-13-16)35-14-20(27)28/h3-7,13,15,18,20H,8-12,14H2,1-2H3,(H2,29,31)/t15-,18-,25+/m1/s1. The van der Waals surface area contributed by atoms with Crippen LogP contribution in [0, 0.1) is 0 Å². The molecule has 4 rings (SSSR count). The van der Waals surface area contributed by atoms with E-state index in [-0.39, 0.29) is 36.3 Å². The van der Waals surface area contributed by atoms with Crippen LogP contribution in [0.25, 0.3) is 0 Å². The summed E-state index contributed by atoms with van der Waals surface area (Å²) < 4.78 is 35.2. The Balaban J connectivity index is 1.54. The molecule has 1 aromatic heterocycles. The lowest BCUT2D eigenvalue weighted by Crippen LogP contribution is -2.56. The quantitative estimate of drug-likeness (QED) is 0.604. The highest BCUT2D eigenvalue weighted by Crippen LogP contribution is 2.40. The number of guanidine groups is 1. The minimum atomic E-state index is -2.56. The highest BCUT2D eigenvalue weighted by Gasteiger charge is 2.42. The molecule has 0 saturated carbocycles. The number of carbonyl (C=O) groups is 1. The SMILES string of the molecule is C[C@@H]1C[C@H](N2C(=O)C[C@@](C)(c3cccc(Cc4ccc(OCC(F)F)nc4)c3Cl)N=C2N)CCO1. The predicted molar refractivity (Wildman–Crippen MR) is 129 cm³/mol. The maximum Gasteiger partial charge on any atom is 0.272 e. The van der Waals surface area contributed by atoms with Crippen LogP contribution in [0.1, 0.15) is 49.8 Å². The minimum Gasteiger partial charge on any atom is -0.472 e. The predicted octanol–water partition coefficient (Wildman–Crippen LogP) is 4.30. The lowest BCUT2D eigenvalue weighted by atomic mass is 9.85. The minimum absolute atomic E-state index is 0.0264. The molecule has 10 heteroatoms. The van der Waals surface area contributed by atoms with Crippen LogP contribution in [0.3, 0.4) is 0 Å². The van der Waals surface area contributed by atoms with Crippen molar-refractivity contribution >= 4 is 23.5 Å². The fraction of sp³-hybridized carbons (Fsp3) is 0.480. The first kappa shape index (κ1) is 25.3. The number of hydrogen-bond donors (Lipinski definition) is 1. The molecule has 2 N–H and O–H groups in total. The van der Waals surface area contributed by atoms with Crippen molar-refractivity contribution in [3.8, 4) is 5.88 Å². The molecule has 2 aromatic rings. The fourth-order valence-corrected chi connectivity index (χ4v) is 5.11. The summed E-state index contributed by atoms with van der Waals surface area (Å²) >= 11 is 6.82. The maximum atomic E-state index is 13.2. The normalized spacial score (nSPS) is 25.0. The highest BCUT2D eigenvalue weighted by molar-refractivity contribution is 6.32. The van der Waals surface area contributed by atoms with Crippen LogP contribution in [-0.4, -0.2) is 53.5 Å². The van der Waals surface area contributed by atoms with Crippen LogP contribution < -0.4 is 10.5 Å². The summed E-state index contributed by atoms with van der Waals surface area (Å²) in [4.78, 5) is 23.7. The van der Waals surface area contributed by atoms with Crippen molar-refractivity contribution in [2.24, 2.45) is 10.7 Å². The largest absolute Gasteiger partial charge is 0.472 e. The van der Waals surface area contributed by atoms with Crippen LogP contribution in [-0.2, 0) is 21.5 Å². The van der Waals surface area contributed by atoms with Gasteiger partial charge in [0, 0.05) is 36.4 Å². The Kier molecular flexibility index (Phi) is 7.56. The van der Waals surface area contributed by atoms with Gasteiger partial charge in [0.1, 0.15) is 0 Å². The van der Waals surface area contributed by atoms with Gasteiger partial charge in [-0.05, 0) is 43.4 Å². The number of aromatic nitrogens is 1. The molecule has 1 saturated heterocycles. The van der Waals surface area contributed by atoms with E-state index in [9.17, 15) is 13.6 Å². The molecule has 2 aliphatic rings. The number of pyridine rings is 1. The summed E-state index contributed by atoms with van der Waals surface area (Å²) in [7, 11) is 0. The third-order valence-electron chi connectivity index (χ3n) is 6.40. The maximum absolute atomic E-state index is 13.2. The number of nitrogens with zero attached hydrogens (tertiary/aromatic N) is 3. The molecule has 0 radical (unpaired) electrons. The van der Waals surface area contributed by atoms with Gasteiger partial charge in [-0.25, -0.2) is 18.8 Å². The first-order valence-electron chi connectivity index (χ1n) is 11.6. The van der Waals surface area contributed by atoms with Gasteiger partial charge < -0.3 is 15.2 Å². The van der Waals surface area contributed by atoms with Crippen molar-refractivity contribution in [3.63, 3.8) is 0 Å². The van der Waals surface area contributed by atoms with Gasteiger partial charge in [0.25, 0.3) is 6.43 Å². The second-order valence-corrected chi connectivity index (χ2v) is 9.58. The van der Waals surface area contributed by atoms with Crippen LogP contribution in [0.15, 0.2) is 41.5 Å². The zero-order valence-electron chi connectivity index (χ0n) is 19.7. The first-order chi connectivity index (χ1) is 16.7. The van der Waals surface area contributed by atoms with Crippen molar-refractivity contribution in [1.82, 2.24) is 9.88 Å². The van der Waals surface area contributed by atoms with E-state index in [2.05, 4.69) is 4.98 Å². The highest BCUT2D eigenvalue weighted by atomic mass is 35.5. The Labute approximate surface area is 208 Å². The van der Waals surface area contributed by atoms with Crippen LogP contribution in [0.5, 0.6) is 5.88 Å². The average molecular weight is 507 g/mol. The van der Waals surface area contributed by atoms with Crippen molar-refractivity contribution < 1.29 is 23.0 Å². The van der Waals surface area contributed by atoms with Gasteiger partial charge in [-0.2, -0.15) is 0 Å². The molecule has 188 valence electrons. The molecular weight excluding hydrogens is 478 g/mol. The van der Waals surface area contributed by atoms with Crippen molar-refractivity contribution in [3.05, 3.63) is 58.2 Å². The van der Waals surface area contributed by atoms with E-state index in [0.717, 1.165) is 29.5 Å². The number of rotatable bonds is 7. The Morgan fingerprint density at radius 1 is 1.34 bits per heavy atom. The van der Waals surface area contributed by atoms with Gasteiger partial charge >= 0.3 is 0 Å². The molecule has 2 aliphatic heterocycles. The third kappa shape index (κ3) is 5.73. The van der Waals surface area contributed by atoms with Gasteiger partial charge in [0.2, 0.25) is 11.8 Å². The Morgan fingerprint density at radius 2 is 2.14 bits per heavy atom. The lowest BCUT2D eigenvalue weighted by molar-refractivity contribution is -0.133. The molecule has 0 spiro atoms. The Bertz CT molecular complexity index is 1100. The van der Waals surface area contributed by atoms with Crippen LogP contribution in [0.4, 0.5) is 8.78 Å². The lowest BCUT2D eigenvalue weighted by Gasteiger charge is -2.41. The first-order valence-corrected chi connectivity index (χ1v) is 12.0. The number of nitrogens with two attached hydrogens (primary N) is 1. The fourth-order valence-electron chi connectivity index (χ4n) is 4.71. The number of halogens is 3. The molecule has 1 fully saturated rings. The van der Waals surface area contributed by atoms with E-state index in [0.29, 0.717) is 18.1 Å². The molecule has 0 unspecified atom stereocenters. The number of hydrogen-bond acceptors (Lipinski definition) is 6. The van der Waals surface area contributed by atoms with E-state index in [4.69, 9.17) is 31.8 Å². The number of carbonyl (C=O) groups excluding carboxylic acids is 1. The van der Waals surface area contributed by atoms with E-state index >= 15 is 0 Å². The van der Waals surface area contributed by atoms with Gasteiger partial charge in [0.05, 0.1) is 18.1 Å². The molecule has 7 nitrogen and oxygen atoms in total. The topological polar surface area (TPSA) is 90.0 Å². The summed E-state index contributed by atoms with van der Waals surface area (Å²) in [6.07, 6.45) is 1.13. The second-order valence-electron chi connectivity index (χ2n) is 9.21. The van der Waals surface area contributed by atoms with Gasteiger partial charge in [-0.1, -0.05) is 35.9 Å². The zero-order valence-corrected chi connectivity index (χ0v) is 20.5. The summed E-state index contributed by atoms with van der Waals surface area (Å²) in [5.74, 6) is 0.257.